The Morgan fingerprint density at radius 2 is 2.00 bits per heavy atom. The molecule has 1 heterocycles. The van der Waals surface area contributed by atoms with Gasteiger partial charge in [-0.1, -0.05) is 0 Å². The molecule has 0 saturated carbocycles. The topological polar surface area (TPSA) is 44.7 Å². The number of hydrogen-bond acceptors (Lipinski definition) is 4. The number of piperazine rings is 1. The molecule has 116 valence electrons. The van der Waals surface area contributed by atoms with Crippen LogP contribution in [0.2, 0.25) is 0 Å². The lowest BCUT2D eigenvalue weighted by atomic mass is 10.0. The van der Waals surface area contributed by atoms with Crippen LogP contribution in [0.15, 0.2) is 18.2 Å². The van der Waals surface area contributed by atoms with Crippen molar-refractivity contribution in [3.63, 3.8) is 0 Å². The molecule has 1 aliphatic rings. The second-order valence-electron chi connectivity index (χ2n) is 4.38. The molecule has 1 aliphatic heterocycles. The summed E-state index contributed by atoms with van der Waals surface area (Å²) >= 11 is 0. The van der Waals surface area contributed by atoms with Gasteiger partial charge in [0.1, 0.15) is 18.2 Å². The normalized spacial score (nSPS) is 16.7. The molecular formula is C13H21Cl2FN2O2. The average Bonchev–Trinajstić information content (AvgIpc) is 2.42. The molecule has 1 saturated heterocycles. The minimum Gasteiger partial charge on any atom is -0.508 e. The number of hydrogen-bond donors (Lipinski definition) is 2. The summed E-state index contributed by atoms with van der Waals surface area (Å²) in [6, 6.07) is 4.53. The van der Waals surface area contributed by atoms with E-state index < -0.39 is 6.67 Å². The Kier molecular flexibility index (Phi) is 8.89. The van der Waals surface area contributed by atoms with Crippen molar-refractivity contribution in [2.45, 2.75) is 6.04 Å². The minimum absolute atomic E-state index is 0. The molecule has 20 heavy (non-hydrogen) atoms. The Hall–Kier alpha value is -0.750. The number of nitrogens with one attached hydrogen (secondary N) is 1. The maximum absolute atomic E-state index is 13.4. The van der Waals surface area contributed by atoms with Gasteiger partial charge < -0.3 is 15.2 Å². The summed E-state index contributed by atoms with van der Waals surface area (Å²) in [6.07, 6.45) is 0. The van der Waals surface area contributed by atoms with Gasteiger partial charge in [0.15, 0.2) is 0 Å². The summed E-state index contributed by atoms with van der Waals surface area (Å²) < 4.78 is 18.6. The SMILES string of the molecule is COc1cc(O)ccc1[C@@H](CF)N1CCNCC1.Cl.Cl. The van der Waals surface area contributed by atoms with Crippen LogP contribution < -0.4 is 10.1 Å². The van der Waals surface area contributed by atoms with Gasteiger partial charge in [0.05, 0.1) is 13.2 Å². The Morgan fingerprint density at radius 1 is 1.35 bits per heavy atom. The van der Waals surface area contributed by atoms with Crippen molar-refractivity contribution in [2.24, 2.45) is 0 Å². The Morgan fingerprint density at radius 3 is 2.55 bits per heavy atom. The maximum atomic E-state index is 13.4. The molecule has 0 amide bonds. The molecule has 0 bridgehead atoms. The van der Waals surface area contributed by atoms with Crippen LogP contribution in [0, 0.1) is 0 Å². The van der Waals surface area contributed by atoms with Crippen molar-refractivity contribution < 1.29 is 14.2 Å². The van der Waals surface area contributed by atoms with E-state index >= 15 is 0 Å². The van der Waals surface area contributed by atoms with Gasteiger partial charge >= 0.3 is 0 Å². The third-order valence-electron chi connectivity index (χ3n) is 3.31. The molecule has 7 heteroatoms. The highest BCUT2D eigenvalue weighted by atomic mass is 35.5. The van der Waals surface area contributed by atoms with Gasteiger partial charge in [-0.2, -0.15) is 0 Å². The Labute approximate surface area is 131 Å². The van der Waals surface area contributed by atoms with E-state index in [1.807, 2.05) is 0 Å². The zero-order chi connectivity index (χ0) is 13.0. The van der Waals surface area contributed by atoms with Gasteiger partial charge in [-0.15, -0.1) is 24.8 Å². The number of nitrogens with zero attached hydrogens (tertiary/aromatic N) is 1. The number of halogens is 3. The molecular weight excluding hydrogens is 306 g/mol. The van der Waals surface area contributed by atoms with Gasteiger partial charge in [0, 0.05) is 37.8 Å². The molecule has 1 aromatic carbocycles. The van der Waals surface area contributed by atoms with E-state index in [-0.39, 0.29) is 36.6 Å². The van der Waals surface area contributed by atoms with Crippen LogP contribution in [-0.2, 0) is 0 Å². The number of alkyl halides is 1. The van der Waals surface area contributed by atoms with E-state index in [0.29, 0.717) is 5.75 Å². The molecule has 0 radical (unpaired) electrons. The van der Waals surface area contributed by atoms with E-state index in [1.54, 1.807) is 12.1 Å². The largest absolute Gasteiger partial charge is 0.508 e. The van der Waals surface area contributed by atoms with Crippen LogP contribution in [0.5, 0.6) is 11.5 Å². The lowest BCUT2D eigenvalue weighted by molar-refractivity contribution is 0.145. The number of aromatic hydroxyl groups is 1. The van der Waals surface area contributed by atoms with Crippen molar-refractivity contribution in [3.8, 4) is 11.5 Å². The lowest BCUT2D eigenvalue weighted by Gasteiger charge is -2.34. The molecule has 4 nitrogen and oxygen atoms in total. The van der Waals surface area contributed by atoms with Gasteiger partial charge in [0.2, 0.25) is 0 Å². The van der Waals surface area contributed by atoms with E-state index in [9.17, 15) is 9.50 Å². The van der Waals surface area contributed by atoms with Crippen molar-refractivity contribution in [1.29, 1.82) is 0 Å². The number of methoxy groups -OCH3 is 1. The van der Waals surface area contributed by atoms with Crippen LogP contribution in [-0.4, -0.2) is 50.0 Å². The van der Waals surface area contributed by atoms with Crippen LogP contribution in [0.25, 0.3) is 0 Å². The second kappa shape index (κ2) is 9.23. The Bertz CT molecular complexity index is 404. The van der Waals surface area contributed by atoms with E-state index in [2.05, 4.69) is 10.2 Å². The third kappa shape index (κ3) is 4.38. The van der Waals surface area contributed by atoms with Gasteiger partial charge in [-0.25, -0.2) is 4.39 Å². The van der Waals surface area contributed by atoms with Gasteiger partial charge in [-0.05, 0) is 12.1 Å². The summed E-state index contributed by atoms with van der Waals surface area (Å²) in [5.74, 6) is 0.671. The van der Waals surface area contributed by atoms with Gasteiger partial charge in [-0.3, -0.25) is 4.90 Å². The molecule has 0 aromatic heterocycles. The van der Waals surface area contributed by atoms with Crippen molar-refractivity contribution >= 4 is 24.8 Å². The highest BCUT2D eigenvalue weighted by molar-refractivity contribution is 5.85. The number of phenols is 1. The fraction of sp³-hybridized carbons (Fsp3) is 0.538. The highest BCUT2D eigenvalue weighted by Crippen LogP contribution is 2.32. The number of ether oxygens (including phenoxy) is 1. The summed E-state index contributed by atoms with van der Waals surface area (Å²) in [7, 11) is 1.53. The first kappa shape index (κ1) is 19.2. The second-order valence-corrected chi connectivity index (χ2v) is 4.38. The molecule has 2 N–H and O–H groups in total. The van der Waals surface area contributed by atoms with Crippen LogP contribution >= 0.6 is 24.8 Å². The summed E-state index contributed by atoms with van der Waals surface area (Å²) in [5, 5.41) is 12.7. The number of rotatable bonds is 4. The third-order valence-corrected chi connectivity index (χ3v) is 3.31. The summed E-state index contributed by atoms with van der Waals surface area (Å²) in [5.41, 5.74) is 0.791. The predicted molar refractivity (Wildman–Crippen MR) is 82.3 cm³/mol. The average molecular weight is 327 g/mol. The maximum Gasteiger partial charge on any atom is 0.127 e. The smallest absolute Gasteiger partial charge is 0.127 e. The summed E-state index contributed by atoms with van der Waals surface area (Å²) in [6.45, 7) is 2.92. The molecule has 0 unspecified atom stereocenters. The molecule has 2 rings (SSSR count). The quantitative estimate of drug-likeness (QED) is 0.890. The molecule has 0 aliphatic carbocycles. The van der Waals surface area contributed by atoms with Crippen LogP contribution in [0.1, 0.15) is 11.6 Å². The number of phenolic OH excluding ortho intramolecular Hbond substituents is 1. The van der Waals surface area contributed by atoms with E-state index in [4.69, 9.17) is 4.74 Å². The zero-order valence-electron chi connectivity index (χ0n) is 11.3. The van der Waals surface area contributed by atoms with E-state index in [0.717, 1.165) is 31.7 Å². The molecule has 1 aromatic rings. The highest BCUT2D eigenvalue weighted by Gasteiger charge is 2.24. The van der Waals surface area contributed by atoms with Crippen molar-refractivity contribution in [2.75, 3.05) is 40.0 Å². The first-order valence-corrected chi connectivity index (χ1v) is 6.14. The van der Waals surface area contributed by atoms with Crippen molar-refractivity contribution in [3.05, 3.63) is 23.8 Å². The first-order chi connectivity index (χ1) is 8.76. The lowest BCUT2D eigenvalue weighted by Crippen LogP contribution is -2.45. The fourth-order valence-corrected chi connectivity index (χ4v) is 2.35. The fourth-order valence-electron chi connectivity index (χ4n) is 2.35. The summed E-state index contributed by atoms with van der Waals surface area (Å²) in [4.78, 5) is 2.10. The number of benzene rings is 1. The van der Waals surface area contributed by atoms with Crippen molar-refractivity contribution in [1.82, 2.24) is 10.2 Å². The van der Waals surface area contributed by atoms with Crippen LogP contribution in [0.3, 0.4) is 0 Å². The Balaban J connectivity index is 0.00000180. The van der Waals surface area contributed by atoms with E-state index in [1.165, 1.54) is 13.2 Å². The van der Waals surface area contributed by atoms with Gasteiger partial charge in [0.25, 0.3) is 0 Å². The van der Waals surface area contributed by atoms with Crippen LogP contribution in [0.4, 0.5) is 4.39 Å². The molecule has 1 atom stereocenters. The predicted octanol–water partition coefficient (Wildman–Crippen LogP) is 2.16. The molecule has 0 spiro atoms. The first-order valence-electron chi connectivity index (χ1n) is 6.14. The monoisotopic (exact) mass is 326 g/mol. The standard InChI is InChI=1S/C13H19FN2O2.2ClH/c1-18-13-8-10(17)2-3-11(13)12(9-14)16-6-4-15-5-7-16;;/h2-3,8,12,15,17H,4-7,9H2,1H3;2*1H/t12-;;/m1../s1. The molecule has 1 fully saturated rings. The minimum atomic E-state index is -0.457. The zero-order valence-corrected chi connectivity index (χ0v) is 13.0.